The lowest BCUT2D eigenvalue weighted by atomic mass is 10.0. The van der Waals surface area contributed by atoms with Crippen molar-refractivity contribution >= 4 is 21.6 Å². The van der Waals surface area contributed by atoms with E-state index in [-0.39, 0.29) is 0 Å². The molecule has 2 nitrogen and oxygen atoms in total. The van der Waals surface area contributed by atoms with E-state index in [1.165, 1.54) is 29.6 Å². The summed E-state index contributed by atoms with van der Waals surface area (Å²) in [6.45, 7) is 3.26. The second-order valence-corrected chi connectivity index (χ2v) is 5.77. The predicted molar refractivity (Wildman–Crippen MR) is 69.1 cm³/mol. The van der Waals surface area contributed by atoms with Gasteiger partial charge in [0.25, 0.3) is 0 Å². The first kappa shape index (κ1) is 10.2. The molecule has 1 fully saturated rings. The Bertz CT molecular complexity index is 498. The molecular formula is C13H16N2S. The number of rotatable bonds is 2. The van der Waals surface area contributed by atoms with E-state index in [0.717, 1.165) is 16.9 Å². The highest BCUT2D eigenvalue weighted by Gasteiger charge is 2.14. The molecule has 1 saturated heterocycles. The van der Waals surface area contributed by atoms with Gasteiger partial charge in [-0.05, 0) is 50.4 Å². The number of aryl methyl sites for hydroxylation is 1. The first-order valence-electron chi connectivity index (χ1n) is 5.91. The first-order chi connectivity index (χ1) is 7.81. The predicted octanol–water partition coefficient (Wildman–Crippen LogP) is 2.90. The molecule has 2 heterocycles. The van der Waals surface area contributed by atoms with Crippen molar-refractivity contribution in [2.45, 2.75) is 32.2 Å². The van der Waals surface area contributed by atoms with Crippen molar-refractivity contribution < 1.29 is 0 Å². The molecule has 3 rings (SSSR count). The fourth-order valence-corrected chi connectivity index (χ4v) is 3.24. The number of hydrogen-bond acceptors (Lipinski definition) is 3. The summed E-state index contributed by atoms with van der Waals surface area (Å²) in [6.07, 6.45) is 3.78. The van der Waals surface area contributed by atoms with Gasteiger partial charge in [-0.2, -0.15) is 0 Å². The molecule has 0 bridgehead atoms. The molecule has 1 aromatic carbocycles. The summed E-state index contributed by atoms with van der Waals surface area (Å²) in [5, 5.41) is 4.70. The molecule has 1 aliphatic heterocycles. The van der Waals surface area contributed by atoms with Gasteiger partial charge in [0.2, 0.25) is 0 Å². The third kappa shape index (κ3) is 1.97. The quantitative estimate of drug-likeness (QED) is 0.861. The normalized spacial score (nSPS) is 20.7. The van der Waals surface area contributed by atoms with Gasteiger partial charge in [-0.1, -0.05) is 6.07 Å². The van der Waals surface area contributed by atoms with Crippen LogP contribution in [-0.4, -0.2) is 17.6 Å². The summed E-state index contributed by atoms with van der Waals surface area (Å²) >= 11 is 1.78. The summed E-state index contributed by atoms with van der Waals surface area (Å²) in [4.78, 5) is 4.55. The van der Waals surface area contributed by atoms with Crippen LogP contribution in [0.4, 0.5) is 0 Å². The van der Waals surface area contributed by atoms with Gasteiger partial charge in [0.15, 0.2) is 0 Å². The van der Waals surface area contributed by atoms with Crippen molar-refractivity contribution in [2.24, 2.45) is 0 Å². The van der Waals surface area contributed by atoms with Crippen molar-refractivity contribution in [3.63, 3.8) is 0 Å². The molecule has 84 valence electrons. The molecule has 2 aromatic rings. The van der Waals surface area contributed by atoms with Crippen molar-refractivity contribution in [3.05, 3.63) is 28.8 Å². The Balaban J connectivity index is 1.86. The highest BCUT2D eigenvalue weighted by atomic mass is 32.1. The van der Waals surface area contributed by atoms with E-state index >= 15 is 0 Å². The number of thiazole rings is 1. The molecule has 0 spiro atoms. The van der Waals surface area contributed by atoms with Crippen LogP contribution in [0.25, 0.3) is 10.2 Å². The maximum Gasteiger partial charge on any atom is 0.0907 e. The zero-order chi connectivity index (χ0) is 11.0. The maximum absolute atomic E-state index is 4.55. The number of hydrogen-bond donors (Lipinski definition) is 1. The van der Waals surface area contributed by atoms with Gasteiger partial charge >= 0.3 is 0 Å². The van der Waals surface area contributed by atoms with E-state index in [4.69, 9.17) is 0 Å². The standard InChI is InChI=1S/C13H16N2S/c1-9-15-12-8-10(4-5-13(12)16-9)7-11-3-2-6-14-11/h4-5,8,11,14H,2-3,6-7H2,1H3. The number of benzene rings is 1. The van der Waals surface area contributed by atoms with E-state index < -0.39 is 0 Å². The van der Waals surface area contributed by atoms with Crippen LogP contribution in [0.1, 0.15) is 23.4 Å². The summed E-state index contributed by atoms with van der Waals surface area (Å²) in [6, 6.07) is 7.39. The molecule has 1 aliphatic rings. The molecule has 1 unspecified atom stereocenters. The summed E-state index contributed by atoms with van der Waals surface area (Å²) in [7, 11) is 0. The minimum absolute atomic E-state index is 0.678. The smallest absolute Gasteiger partial charge is 0.0907 e. The van der Waals surface area contributed by atoms with Gasteiger partial charge in [-0.3, -0.25) is 0 Å². The Morgan fingerprint density at radius 2 is 2.44 bits per heavy atom. The van der Waals surface area contributed by atoms with Crippen molar-refractivity contribution in [1.82, 2.24) is 10.3 Å². The van der Waals surface area contributed by atoms with Gasteiger partial charge in [-0.25, -0.2) is 4.98 Å². The van der Waals surface area contributed by atoms with Crippen molar-refractivity contribution in [3.8, 4) is 0 Å². The fourth-order valence-electron chi connectivity index (χ4n) is 2.43. The zero-order valence-corrected chi connectivity index (χ0v) is 10.3. The Morgan fingerprint density at radius 3 is 3.25 bits per heavy atom. The van der Waals surface area contributed by atoms with E-state index in [1.54, 1.807) is 11.3 Å². The first-order valence-corrected chi connectivity index (χ1v) is 6.72. The Hall–Kier alpha value is -0.930. The number of fused-ring (bicyclic) bond motifs is 1. The van der Waals surface area contributed by atoms with Crippen LogP contribution >= 0.6 is 11.3 Å². The van der Waals surface area contributed by atoms with Gasteiger partial charge in [0, 0.05) is 6.04 Å². The topological polar surface area (TPSA) is 24.9 Å². The van der Waals surface area contributed by atoms with Crippen LogP contribution in [0.3, 0.4) is 0 Å². The molecule has 0 aliphatic carbocycles. The van der Waals surface area contributed by atoms with Crippen LogP contribution in [0.2, 0.25) is 0 Å². The van der Waals surface area contributed by atoms with Crippen molar-refractivity contribution in [2.75, 3.05) is 6.54 Å². The molecule has 1 atom stereocenters. The average molecular weight is 232 g/mol. The van der Waals surface area contributed by atoms with Crippen LogP contribution in [0.5, 0.6) is 0 Å². The summed E-state index contributed by atoms with van der Waals surface area (Å²) in [5.74, 6) is 0. The fraction of sp³-hybridized carbons (Fsp3) is 0.462. The SMILES string of the molecule is Cc1nc2cc(CC3CCCN3)ccc2s1. The largest absolute Gasteiger partial charge is 0.314 e. The lowest BCUT2D eigenvalue weighted by Crippen LogP contribution is -2.23. The van der Waals surface area contributed by atoms with E-state index in [0.29, 0.717) is 6.04 Å². The Kier molecular flexibility index (Phi) is 2.65. The molecule has 3 heteroatoms. The number of aromatic nitrogens is 1. The summed E-state index contributed by atoms with van der Waals surface area (Å²) < 4.78 is 1.31. The third-order valence-corrected chi connectivity index (χ3v) is 4.16. The lowest BCUT2D eigenvalue weighted by Gasteiger charge is -2.09. The Morgan fingerprint density at radius 1 is 1.50 bits per heavy atom. The van der Waals surface area contributed by atoms with E-state index in [1.807, 2.05) is 0 Å². The molecule has 16 heavy (non-hydrogen) atoms. The minimum atomic E-state index is 0.678. The maximum atomic E-state index is 4.55. The average Bonchev–Trinajstić information content (AvgIpc) is 2.85. The van der Waals surface area contributed by atoms with Gasteiger partial charge in [0.1, 0.15) is 0 Å². The molecule has 1 aromatic heterocycles. The molecular weight excluding hydrogens is 216 g/mol. The number of nitrogens with zero attached hydrogens (tertiary/aromatic N) is 1. The van der Waals surface area contributed by atoms with Crippen LogP contribution < -0.4 is 5.32 Å². The van der Waals surface area contributed by atoms with Gasteiger partial charge in [0.05, 0.1) is 15.2 Å². The van der Waals surface area contributed by atoms with Gasteiger partial charge < -0.3 is 5.32 Å². The minimum Gasteiger partial charge on any atom is -0.314 e. The second-order valence-electron chi connectivity index (χ2n) is 4.53. The van der Waals surface area contributed by atoms with Crippen LogP contribution in [0.15, 0.2) is 18.2 Å². The van der Waals surface area contributed by atoms with Gasteiger partial charge in [-0.15, -0.1) is 11.3 Å². The monoisotopic (exact) mass is 232 g/mol. The Labute approximate surface area is 99.7 Å². The van der Waals surface area contributed by atoms with Crippen LogP contribution in [0, 0.1) is 6.92 Å². The number of nitrogens with one attached hydrogen (secondary N) is 1. The highest BCUT2D eigenvalue weighted by molar-refractivity contribution is 7.18. The molecule has 1 N–H and O–H groups in total. The van der Waals surface area contributed by atoms with E-state index in [9.17, 15) is 0 Å². The lowest BCUT2D eigenvalue weighted by molar-refractivity contribution is 0.603. The molecule has 0 amide bonds. The second kappa shape index (κ2) is 4.15. The van der Waals surface area contributed by atoms with Crippen LogP contribution in [-0.2, 0) is 6.42 Å². The highest BCUT2D eigenvalue weighted by Crippen LogP contribution is 2.23. The molecule has 0 saturated carbocycles. The molecule has 0 radical (unpaired) electrons. The zero-order valence-electron chi connectivity index (χ0n) is 9.49. The third-order valence-electron chi connectivity index (χ3n) is 3.20. The summed E-state index contributed by atoms with van der Waals surface area (Å²) in [5.41, 5.74) is 2.58. The van der Waals surface area contributed by atoms with E-state index in [2.05, 4.69) is 35.4 Å². The van der Waals surface area contributed by atoms with Crippen molar-refractivity contribution in [1.29, 1.82) is 0 Å².